The van der Waals surface area contributed by atoms with Crippen LogP contribution in [0.15, 0.2) is 16.5 Å². The Balaban J connectivity index is 2.20. The number of morpholine rings is 1. The Labute approximate surface area is 101 Å². The van der Waals surface area contributed by atoms with Crippen molar-refractivity contribution in [1.82, 2.24) is 9.80 Å². The summed E-state index contributed by atoms with van der Waals surface area (Å²) < 4.78 is 11.0. The number of furan rings is 1. The molecule has 1 fully saturated rings. The summed E-state index contributed by atoms with van der Waals surface area (Å²) in [6.45, 7) is 3.56. The third kappa shape index (κ3) is 2.44. The molecule has 94 valence electrons. The number of hydrogen-bond donors (Lipinski definition) is 0. The van der Waals surface area contributed by atoms with Gasteiger partial charge in [0, 0.05) is 20.6 Å². The molecule has 0 bridgehead atoms. The molecule has 5 heteroatoms. The quantitative estimate of drug-likeness (QED) is 0.747. The van der Waals surface area contributed by atoms with E-state index in [9.17, 15) is 4.79 Å². The molecular formula is C12H18N2O3. The molecule has 2 rings (SSSR count). The van der Waals surface area contributed by atoms with E-state index in [1.165, 1.54) is 0 Å². The van der Waals surface area contributed by atoms with Gasteiger partial charge in [-0.25, -0.2) is 4.79 Å². The molecule has 1 aromatic heterocycles. The molecule has 1 atom stereocenters. The summed E-state index contributed by atoms with van der Waals surface area (Å²) in [6, 6.07) is 3.69. The number of amides is 2. The minimum atomic E-state index is -0.118. The molecule has 17 heavy (non-hydrogen) atoms. The van der Waals surface area contributed by atoms with Gasteiger partial charge in [-0.2, -0.15) is 0 Å². The zero-order chi connectivity index (χ0) is 12.4. The van der Waals surface area contributed by atoms with E-state index >= 15 is 0 Å². The van der Waals surface area contributed by atoms with Crippen molar-refractivity contribution in [3.8, 4) is 0 Å². The lowest BCUT2D eigenvalue weighted by Crippen LogP contribution is -2.47. The van der Waals surface area contributed by atoms with Crippen LogP contribution in [0.2, 0.25) is 0 Å². The molecule has 0 unspecified atom stereocenters. The summed E-state index contributed by atoms with van der Waals surface area (Å²) in [5.41, 5.74) is 0. The van der Waals surface area contributed by atoms with Gasteiger partial charge >= 0.3 is 6.03 Å². The lowest BCUT2D eigenvalue weighted by atomic mass is 10.2. The molecule has 0 radical (unpaired) electrons. The Morgan fingerprint density at radius 2 is 2.24 bits per heavy atom. The van der Waals surface area contributed by atoms with Crippen molar-refractivity contribution in [2.24, 2.45) is 0 Å². The van der Waals surface area contributed by atoms with E-state index in [4.69, 9.17) is 9.15 Å². The standard InChI is InChI=1S/C12H18N2O3/c1-9-4-5-11(17-9)10-8-16-7-6-14(10)12(15)13(2)3/h4-5,10H,6-8H2,1-3H3/t10-/m1/s1. The van der Waals surface area contributed by atoms with E-state index < -0.39 is 0 Å². The predicted octanol–water partition coefficient (Wildman–Crippen LogP) is 1.64. The number of aryl methyl sites for hydroxylation is 1. The van der Waals surface area contributed by atoms with Gasteiger partial charge in [0.1, 0.15) is 17.6 Å². The van der Waals surface area contributed by atoms with Crippen LogP contribution in [0, 0.1) is 6.92 Å². The summed E-state index contributed by atoms with van der Waals surface area (Å²) in [5, 5.41) is 0. The highest BCUT2D eigenvalue weighted by Crippen LogP contribution is 2.26. The van der Waals surface area contributed by atoms with Crippen molar-refractivity contribution < 1.29 is 13.9 Å². The van der Waals surface area contributed by atoms with E-state index in [1.54, 1.807) is 23.9 Å². The first-order valence-corrected chi connectivity index (χ1v) is 5.71. The molecule has 2 amide bonds. The minimum absolute atomic E-state index is 0.00708. The van der Waals surface area contributed by atoms with Gasteiger partial charge in [0.15, 0.2) is 0 Å². The maximum absolute atomic E-state index is 12.0. The van der Waals surface area contributed by atoms with Crippen LogP contribution in [0.4, 0.5) is 4.79 Å². The topological polar surface area (TPSA) is 45.9 Å². The molecule has 0 aromatic carbocycles. The SMILES string of the molecule is Cc1ccc([C@H]2COCCN2C(=O)N(C)C)o1. The van der Waals surface area contributed by atoms with Crippen LogP contribution in [0.3, 0.4) is 0 Å². The number of carbonyl (C=O) groups is 1. The van der Waals surface area contributed by atoms with Crippen molar-refractivity contribution >= 4 is 6.03 Å². The maximum atomic E-state index is 12.0. The fraction of sp³-hybridized carbons (Fsp3) is 0.583. The van der Waals surface area contributed by atoms with Gasteiger partial charge in [-0.3, -0.25) is 0 Å². The second-order valence-corrected chi connectivity index (χ2v) is 4.41. The second kappa shape index (κ2) is 4.79. The van der Waals surface area contributed by atoms with Gasteiger partial charge in [0.25, 0.3) is 0 Å². The Hall–Kier alpha value is -1.49. The van der Waals surface area contributed by atoms with Crippen LogP contribution in [0.1, 0.15) is 17.6 Å². The zero-order valence-electron chi connectivity index (χ0n) is 10.5. The second-order valence-electron chi connectivity index (χ2n) is 4.41. The minimum Gasteiger partial charge on any atom is -0.464 e. The highest BCUT2D eigenvalue weighted by atomic mass is 16.5. The molecule has 5 nitrogen and oxygen atoms in total. The number of urea groups is 1. The number of ether oxygens (including phenoxy) is 1. The summed E-state index contributed by atoms with van der Waals surface area (Å²) in [6.07, 6.45) is 0. The normalized spacial score (nSPS) is 20.4. The lowest BCUT2D eigenvalue weighted by Gasteiger charge is -2.35. The molecule has 0 spiro atoms. The van der Waals surface area contributed by atoms with Crippen LogP contribution < -0.4 is 0 Å². The molecular weight excluding hydrogens is 220 g/mol. The zero-order valence-corrected chi connectivity index (χ0v) is 10.5. The molecule has 0 saturated carbocycles. The first kappa shape index (κ1) is 12.0. The third-order valence-electron chi connectivity index (χ3n) is 2.85. The first-order chi connectivity index (χ1) is 8.09. The average Bonchev–Trinajstić information content (AvgIpc) is 2.74. The van der Waals surface area contributed by atoms with Crippen LogP contribution >= 0.6 is 0 Å². The van der Waals surface area contributed by atoms with E-state index in [-0.39, 0.29) is 12.1 Å². The van der Waals surface area contributed by atoms with Gasteiger partial charge in [0.05, 0.1) is 13.2 Å². The number of nitrogens with zero attached hydrogens (tertiary/aromatic N) is 2. The highest BCUT2D eigenvalue weighted by molar-refractivity contribution is 5.74. The van der Waals surface area contributed by atoms with E-state index in [0.29, 0.717) is 19.8 Å². The predicted molar refractivity (Wildman–Crippen MR) is 62.8 cm³/mol. The number of rotatable bonds is 1. The lowest BCUT2D eigenvalue weighted by molar-refractivity contribution is -0.00134. The Bertz CT molecular complexity index is 400. The molecule has 2 heterocycles. The fourth-order valence-corrected chi connectivity index (χ4v) is 1.96. The molecule has 1 aliphatic heterocycles. The Morgan fingerprint density at radius 3 is 2.82 bits per heavy atom. The highest BCUT2D eigenvalue weighted by Gasteiger charge is 2.31. The van der Waals surface area contributed by atoms with Gasteiger partial charge in [-0.1, -0.05) is 0 Å². The summed E-state index contributed by atoms with van der Waals surface area (Å²) in [4.78, 5) is 15.4. The van der Waals surface area contributed by atoms with Crippen molar-refractivity contribution in [1.29, 1.82) is 0 Å². The average molecular weight is 238 g/mol. The molecule has 1 aliphatic rings. The molecule has 1 saturated heterocycles. The monoisotopic (exact) mass is 238 g/mol. The van der Waals surface area contributed by atoms with Crippen molar-refractivity contribution in [2.45, 2.75) is 13.0 Å². The van der Waals surface area contributed by atoms with E-state index in [2.05, 4.69) is 0 Å². The third-order valence-corrected chi connectivity index (χ3v) is 2.85. The summed E-state index contributed by atoms with van der Waals surface area (Å²) >= 11 is 0. The van der Waals surface area contributed by atoms with E-state index in [0.717, 1.165) is 11.5 Å². The van der Waals surface area contributed by atoms with Gasteiger partial charge in [-0.15, -0.1) is 0 Å². The smallest absolute Gasteiger partial charge is 0.320 e. The first-order valence-electron chi connectivity index (χ1n) is 5.71. The van der Waals surface area contributed by atoms with Gasteiger partial charge in [-0.05, 0) is 19.1 Å². The van der Waals surface area contributed by atoms with Gasteiger partial charge in [0.2, 0.25) is 0 Å². The molecule has 0 N–H and O–H groups in total. The number of carbonyl (C=O) groups excluding carboxylic acids is 1. The van der Waals surface area contributed by atoms with Crippen molar-refractivity contribution in [3.63, 3.8) is 0 Å². The molecule has 0 aliphatic carbocycles. The van der Waals surface area contributed by atoms with Crippen LogP contribution in [-0.4, -0.2) is 49.7 Å². The van der Waals surface area contributed by atoms with Crippen molar-refractivity contribution in [3.05, 3.63) is 23.7 Å². The Morgan fingerprint density at radius 1 is 1.47 bits per heavy atom. The summed E-state index contributed by atoms with van der Waals surface area (Å²) in [7, 11) is 3.50. The van der Waals surface area contributed by atoms with Crippen LogP contribution in [-0.2, 0) is 4.74 Å². The maximum Gasteiger partial charge on any atom is 0.320 e. The van der Waals surface area contributed by atoms with E-state index in [1.807, 2.05) is 19.1 Å². The van der Waals surface area contributed by atoms with Gasteiger partial charge < -0.3 is 19.0 Å². The number of hydrogen-bond acceptors (Lipinski definition) is 3. The fourth-order valence-electron chi connectivity index (χ4n) is 1.96. The summed E-state index contributed by atoms with van der Waals surface area (Å²) in [5.74, 6) is 1.64. The molecule has 1 aromatic rings. The van der Waals surface area contributed by atoms with Crippen LogP contribution in [0.25, 0.3) is 0 Å². The van der Waals surface area contributed by atoms with Crippen LogP contribution in [0.5, 0.6) is 0 Å². The van der Waals surface area contributed by atoms with Crippen molar-refractivity contribution in [2.75, 3.05) is 33.9 Å². The Kier molecular flexibility index (Phi) is 3.38. The largest absolute Gasteiger partial charge is 0.464 e.